The van der Waals surface area contributed by atoms with Gasteiger partial charge in [-0.2, -0.15) is 0 Å². The molecule has 0 spiro atoms. The number of benzene rings is 2. The SMILES string of the molecule is C[C@@H](OC(=O)CNC(=O)c1cccc(F)c1)C(=O)NNC(=O)c1ccccc1. The molecule has 2 aromatic carbocycles. The summed E-state index contributed by atoms with van der Waals surface area (Å²) in [6, 6.07) is 13.1. The summed E-state index contributed by atoms with van der Waals surface area (Å²) in [5, 5.41) is 2.26. The minimum atomic E-state index is -1.21. The molecule has 9 heteroatoms. The molecule has 0 aliphatic heterocycles. The molecule has 2 aromatic rings. The van der Waals surface area contributed by atoms with E-state index >= 15 is 0 Å². The van der Waals surface area contributed by atoms with Gasteiger partial charge in [-0.05, 0) is 37.3 Å². The van der Waals surface area contributed by atoms with Crippen LogP contribution in [0.4, 0.5) is 4.39 Å². The van der Waals surface area contributed by atoms with Crippen LogP contribution in [0, 0.1) is 5.82 Å². The third-order valence-corrected chi connectivity index (χ3v) is 3.49. The fourth-order valence-corrected chi connectivity index (χ4v) is 2.06. The lowest BCUT2D eigenvalue weighted by Gasteiger charge is -2.14. The number of nitrogens with one attached hydrogen (secondary N) is 3. The molecule has 2 rings (SSSR count). The highest BCUT2D eigenvalue weighted by Gasteiger charge is 2.19. The summed E-state index contributed by atoms with van der Waals surface area (Å²) < 4.78 is 17.9. The van der Waals surface area contributed by atoms with Crippen molar-refractivity contribution in [3.63, 3.8) is 0 Å². The third-order valence-electron chi connectivity index (χ3n) is 3.49. The van der Waals surface area contributed by atoms with Crippen molar-refractivity contribution in [3.8, 4) is 0 Å². The van der Waals surface area contributed by atoms with Crippen LogP contribution in [0.5, 0.6) is 0 Å². The first-order valence-electron chi connectivity index (χ1n) is 8.25. The molecular weight excluding hydrogens is 369 g/mol. The van der Waals surface area contributed by atoms with Crippen molar-refractivity contribution < 1.29 is 28.3 Å². The van der Waals surface area contributed by atoms with Gasteiger partial charge in [0, 0.05) is 11.1 Å². The zero-order valence-corrected chi connectivity index (χ0v) is 14.9. The number of halogens is 1. The van der Waals surface area contributed by atoms with Crippen LogP contribution in [0.3, 0.4) is 0 Å². The monoisotopic (exact) mass is 387 g/mol. The second-order valence-electron chi connectivity index (χ2n) is 5.63. The summed E-state index contributed by atoms with van der Waals surface area (Å²) in [6.45, 7) is 0.791. The van der Waals surface area contributed by atoms with Crippen molar-refractivity contribution in [2.24, 2.45) is 0 Å². The maximum Gasteiger partial charge on any atom is 0.326 e. The number of esters is 1. The van der Waals surface area contributed by atoms with Crippen LogP contribution in [0.25, 0.3) is 0 Å². The van der Waals surface area contributed by atoms with Gasteiger partial charge in [-0.1, -0.05) is 24.3 Å². The van der Waals surface area contributed by atoms with Crippen LogP contribution >= 0.6 is 0 Å². The average Bonchev–Trinajstić information content (AvgIpc) is 2.70. The first-order valence-corrected chi connectivity index (χ1v) is 8.25. The molecule has 0 unspecified atom stereocenters. The largest absolute Gasteiger partial charge is 0.451 e. The van der Waals surface area contributed by atoms with E-state index in [-0.39, 0.29) is 5.56 Å². The highest BCUT2D eigenvalue weighted by atomic mass is 19.1. The number of rotatable bonds is 6. The Balaban J connectivity index is 1.74. The van der Waals surface area contributed by atoms with Gasteiger partial charge in [-0.3, -0.25) is 30.0 Å². The molecule has 0 fully saturated rings. The highest BCUT2D eigenvalue weighted by molar-refractivity contribution is 5.97. The number of amides is 3. The van der Waals surface area contributed by atoms with Crippen LogP contribution < -0.4 is 16.2 Å². The molecule has 0 aliphatic rings. The Bertz CT molecular complexity index is 873. The molecule has 1 atom stereocenters. The second-order valence-corrected chi connectivity index (χ2v) is 5.63. The first kappa shape index (κ1) is 20.6. The van der Waals surface area contributed by atoms with Crippen LogP contribution in [0.1, 0.15) is 27.6 Å². The van der Waals surface area contributed by atoms with E-state index in [0.29, 0.717) is 5.56 Å². The normalized spacial score (nSPS) is 11.1. The number of carbonyl (C=O) groups excluding carboxylic acids is 4. The smallest absolute Gasteiger partial charge is 0.326 e. The summed E-state index contributed by atoms with van der Waals surface area (Å²) in [5.41, 5.74) is 4.72. The fraction of sp³-hybridized carbons (Fsp3) is 0.158. The average molecular weight is 387 g/mol. The Morgan fingerprint density at radius 1 is 0.929 bits per heavy atom. The van der Waals surface area contributed by atoms with Gasteiger partial charge in [-0.25, -0.2) is 4.39 Å². The molecule has 0 aromatic heterocycles. The van der Waals surface area contributed by atoms with Crippen molar-refractivity contribution in [1.82, 2.24) is 16.2 Å². The van der Waals surface area contributed by atoms with Crippen molar-refractivity contribution in [3.05, 3.63) is 71.5 Å². The molecule has 8 nitrogen and oxygen atoms in total. The number of hydrazine groups is 1. The van der Waals surface area contributed by atoms with Gasteiger partial charge >= 0.3 is 5.97 Å². The van der Waals surface area contributed by atoms with Crippen molar-refractivity contribution in [2.45, 2.75) is 13.0 Å². The van der Waals surface area contributed by atoms with E-state index in [1.54, 1.807) is 30.3 Å². The number of carbonyl (C=O) groups is 4. The Kier molecular flexibility index (Phi) is 7.21. The van der Waals surface area contributed by atoms with E-state index in [0.717, 1.165) is 6.07 Å². The standard InChI is InChI=1S/C19H18FN3O5/c1-12(17(25)22-23-19(27)13-6-3-2-4-7-13)28-16(24)11-21-18(26)14-8-5-9-15(20)10-14/h2-10,12H,11H2,1H3,(H,21,26)(H,22,25)(H,23,27)/t12-/m1/s1. The molecule has 3 N–H and O–H groups in total. The number of hydrogen-bond donors (Lipinski definition) is 3. The molecule has 0 saturated heterocycles. The van der Waals surface area contributed by atoms with Gasteiger partial charge in [0.05, 0.1) is 0 Å². The van der Waals surface area contributed by atoms with Crippen LogP contribution in [-0.2, 0) is 14.3 Å². The van der Waals surface area contributed by atoms with Gasteiger partial charge < -0.3 is 10.1 Å². The summed E-state index contributed by atoms with van der Waals surface area (Å²) in [4.78, 5) is 47.3. The second kappa shape index (κ2) is 9.81. The van der Waals surface area contributed by atoms with E-state index in [2.05, 4.69) is 16.2 Å². The predicted molar refractivity (Wildman–Crippen MR) is 96.3 cm³/mol. The summed E-state index contributed by atoms with van der Waals surface area (Å²) >= 11 is 0. The highest BCUT2D eigenvalue weighted by Crippen LogP contribution is 2.03. The fourth-order valence-electron chi connectivity index (χ4n) is 2.06. The molecule has 28 heavy (non-hydrogen) atoms. The molecule has 0 aliphatic carbocycles. The van der Waals surface area contributed by atoms with Gasteiger partial charge in [0.2, 0.25) is 0 Å². The molecule has 146 valence electrons. The molecule has 3 amide bonds. The minimum absolute atomic E-state index is 0.0437. The van der Waals surface area contributed by atoms with Crippen LogP contribution in [-0.4, -0.2) is 36.3 Å². The van der Waals surface area contributed by atoms with Crippen molar-refractivity contribution >= 4 is 23.7 Å². The van der Waals surface area contributed by atoms with Crippen molar-refractivity contribution in [1.29, 1.82) is 0 Å². The van der Waals surface area contributed by atoms with Gasteiger partial charge in [0.15, 0.2) is 6.10 Å². The van der Waals surface area contributed by atoms with Gasteiger partial charge in [-0.15, -0.1) is 0 Å². The lowest BCUT2D eigenvalue weighted by atomic mass is 10.2. The third kappa shape index (κ3) is 6.20. The topological polar surface area (TPSA) is 114 Å². The lowest BCUT2D eigenvalue weighted by Crippen LogP contribution is -2.47. The van der Waals surface area contributed by atoms with Gasteiger partial charge in [0.1, 0.15) is 12.4 Å². The molecule has 0 bridgehead atoms. The lowest BCUT2D eigenvalue weighted by molar-refractivity contribution is -0.154. The Morgan fingerprint density at radius 3 is 2.29 bits per heavy atom. The minimum Gasteiger partial charge on any atom is -0.451 e. The zero-order valence-electron chi connectivity index (χ0n) is 14.9. The summed E-state index contributed by atoms with van der Waals surface area (Å²) in [7, 11) is 0. The summed E-state index contributed by atoms with van der Waals surface area (Å²) in [6.07, 6.45) is -1.21. The van der Waals surface area contributed by atoms with E-state index in [1.165, 1.54) is 25.1 Å². The van der Waals surface area contributed by atoms with Crippen LogP contribution in [0.15, 0.2) is 54.6 Å². The quantitative estimate of drug-likeness (QED) is 0.504. The summed E-state index contributed by atoms with van der Waals surface area (Å²) in [5.74, 6) is -3.41. The Labute approximate surface area is 160 Å². The van der Waals surface area contributed by atoms with Crippen LogP contribution in [0.2, 0.25) is 0 Å². The van der Waals surface area contributed by atoms with E-state index in [4.69, 9.17) is 4.74 Å². The Morgan fingerprint density at radius 2 is 1.61 bits per heavy atom. The maximum atomic E-state index is 13.1. The van der Waals surface area contributed by atoms with Gasteiger partial charge in [0.25, 0.3) is 17.7 Å². The van der Waals surface area contributed by atoms with E-state index in [9.17, 15) is 23.6 Å². The maximum absolute atomic E-state index is 13.1. The van der Waals surface area contributed by atoms with E-state index in [1.807, 2.05) is 0 Å². The molecular formula is C19H18FN3O5. The van der Waals surface area contributed by atoms with Crippen molar-refractivity contribution in [2.75, 3.05) is 6.54 Å². The Hall–Kier alpha value is -3.75. The number of hydrogen-bond acceptors (Lipinski definition) is 5. The number of ether oxygens (including phenoxy) is 1. The molecule has 0 saturated carbocycles. The zero-order chi connectivity index (χ0) is 20.5. The van der Waals surface area contributed by atoms with E-state index < -0.39 is 42.2 Å². The first-order chi connectivity index (χ1) is 13.4. The molecule has 0 radical (unpaired) electrons. The predicted octanol–water partition coefficient (Wildman–Crippen LogP) is 0.948. The molecule has 0 heterocycles.